The van der Waals surface area contributed by atoms with Crippen LogP contribution in [-0.2, 0) is 11.3 Å². The molecule has 0 radical (unpaired) electrons. The Hall–Kier alpha value is -3.10. The molecule has 0 amide bonds. The van der Waals surface area contributed by atoms with Crippen LogP contribution in [0.25, 0.3) is 33.9 Å². The summed E-state index contributed by atoms with van der Waals surface area (Å²) in [5, 5.41) is 4.06. The van der Waals surface area contributed by atoms with Crippen LogP contribution in [0.1, 0.15) is 0 Å². The minimum atomic E-state index is -0.303. The fourth-order valence-electron chi connectivity index (χ4n) is 3.51. The molecule has 0 saturated carbocycles. The zero-order chi connectivity index (χ0) is 19.6. The lowest BCUT2D eigenvalue weighted by atomic mass is 10.2. The number of rotatable bonds is 5. The number of ether oxygens (including phenoxy) is 1. The van der Waals surface area contributed by atoms with Crippen molar-refractivity contribution in [1.82, 2.24) is 24.6 Å². The molecule has 0 atom stereocenters. The highest BCUT2D eigenvalue weighted by Gasteiger charge is 2.14. The Labute approximate surface area is 166 Å². The molecule has 1 aliphatic heterocycles. The molecule has 0 unspecified atom stereocenters. The molecular weight excluding hydrogens is 373 g/mol. The third kappa shape index (κ3) is 3.76. The second-order valence-corrected chi connectivity index (χ2v) is 7.03. The van der Waals surface area contributed by atoms with E-state index in [2.05, 4.69) is 24.6 Å². The quantitative estimate of drug-likeness (QED) is 0.519. The number of hydrogen-bond acceptors (Lipinski definition) is 6. The molecule has 148 valence electrons. The van der Waals surface area contributed by atoms with Crippen molar-refractivity contribution in [3.63, 3.8) is 0 Å². The molecule has 0 aliphatic carbocycles. The van der Waals surface area contributed by atoms with E-state index in [9.17, 15) is 4.39 Å². The maximum Gasteiger partial charge on any atom is 0.258 e. The van der Waals surface area contributed by atoms with Gasteiger partial charge in [0.05, 0.1) is 30.6 Å². The van der Waals surface area contributed by atoms with E-state index in [1.807, 2.05) is 24.5 Å². The van der Waals surface area contributed by atoms with Crippen molar-refractivity contribution in [3.8, 4) is 22.8 Å². The molecule has 1 fully saturated rings. The number of benzene rings is 2. The maximum atomic E-state index is 13.1. The van der Waals surface area contributed by atoms with E-state index in [0.717, 1.165) is 56.0 Å². The average molecular weight is 393 g/mol. The fourth-order valence-corrected chi connectivity index (χ4v) is 3.51. The number of halogens is 1. The van der Waals surface area contributed by atoms with Crippen LogP contribution in [-0.4, -0.2) is 57.4 Å². The Morgan fingerprint density at radius 1 is 0.966 bits per heavy atom. The molecular formula is C21H20FN5O2. The summed E-state index contributed by atoms with van der Waals surface area (Å²) in [5.74, 6) is 0.536. The molecule has 0 bridgehead atoms. The van der Waals surface area contributed by atoms with Gasteiger partial charge in [0.15, 0.2) is 0 Å². The molecule has 1 saturated heterocycles. The van der Waals surface area contributed by atoms with Crippen molar-refractivity contribution < 1.29 is 13.7 Å². The van der Waals surface area contributed by atoms with Crippen molar-refractivity contribution >= 4 is 11.0 Å². The van der Waals surface area contributed by atoms with E-state index in [1.165, 1.54) is 12.1 Å². The van der Waals surface area contributed by atoms with Crippen molar-refractivity contribution in [3.05, 3.63) is 54.6 Å². The van der Waals surface area contributed by atoms with Gasteiger partial charge in [0, 0.05) is 37.3 Å². The van der Waals surface area contributed by atoms with Crippen LogP contribution in [0.5, 0.6) is 0 Å². The fraction of sp³-hybridized carbons (Fsp3) is 0.286. The molecule has 0 N–H and O–H groups in total. The van der Waals surface area contributed by atoms with Gasteiger partial charge in [0.2, 0.25) is 5.82 Å². The van der Waals surface area contributed by atoms with Crippen LogP contribution in [0.15, 0.2) is 53.3 Å². The van der Waals surface area contributed by atoms with Gasteiger partial charge in [0.25, 0.3) is 5.89 Å². The summed E-state index contributed by atoms with van der Waals surface area (Å²) < 4.78 is 26.0. The van der Waals surface area contributed by atoms with Crippen LogP contribution in [0.3, 0.4) is 0 Å². The average Bonchev–Trinajstić information content (AvgIpc) is 3.41. The molecule has 1 aliphatic rings. The Morgan fingerprint density at radius 2 is 1.76 bits per heavy atom. The molecule has 7 nitrogen and oxygen atoms in total. The molecule has 0 spiro atoms. The second kappa shape index (κ2) is 7.73. The number of aromatic nitrogens is 4. The van der Waals surface area contributed by atoms with Gasteiger partial charge >= 0.3 is 0 Å². The number of nitrogens with zero attached hydrogens (tertiary/aromatic N) is 5. The summed E-state index contributed by atoms with van der Waals surface area (Å²) in [4.78, 5) is 11.4. The van der Waals surface area contributed by atoms with Crippen molar-refractivity contribution in [2.24, 2.45) is 0 Å². The first-order valence-corrected chi connectivity index (χ1v) is 9.61. The lowest BCUT2D eigenvalue weighted by Crippen LogP contribution is -2.38. The van der Waals surface area contributed by atoms with Crippen LogP contribution in [0.4, 0.5) is 4.39 Å². The van der Waals surface area contributed by atoms with Gasteiger partial charge in [-0.1, -0.05) is 5.16 Å². The van der Waals surface area contributed by atoms with E-state index in [-0.39, 0.29) is 5.82 Å². The lowest BCUT2D eigenvalue weighted by Gasteiger charge is -2.26. The van der Waals surface area contributed by atoms with Gasteiger partial charge in [0.1, 0.15) is 5.82 Å². The largest absolute Gasteiger partial charge is 0.379 e. The van der Waals surface area contributed by atoms with Crippen molar-refractivity contribution in [2.75, 3.05) is 32.8 Å². The number of fused-ring (bicyclic) bond motifs is 1. The topological polar surface area (TPSA) is 69.2 Å². The Kier molecular flexibility index (Phi) is 4.79. The first-order chi connectivity index (χ1) is 14.3. The highest BCUT2D eigenvalue weighted by molar-refractivity contribution is 5.80. The zero-order valence-corrected chi connectivity index (χ0v) is 15.8. The van der Waals surface area contributed by atoms with Gasteiger partial charge in [-0.15, -0.1) is 0 Å². The number of imidazole rings is 1. The number of hydrogen-bond donors (Lipinski definition) is 0. The Balaban J connectivity index is 1.34. The normalized spacial score (nSPS) is 15.2. The standard InChI is InChI=1S/C21H20FN5O2/c22-17-4-1-15(2-5-17)21-24-20(25-29-21)16-3-6-19-18(13-16)23-14-27(19)8-7-26-9-11-28-12-10-26/h1-6,13-14H,7-12H2. The first-order valence-electron chi connectivity index (χ1n) is 9.61. The van der Waals surface area contributed by atoms with E-state index in [1.54, 1.807) is 12.1 Å². The molecule has 29 heavy (non-hydrogen) atoms. The molecule has 8 heteroatoms. The maximum absolute atomic E-state index is 13.1. The SMILES string of the molecule is Fc1ccc(-c2nc(-c3ccc4c(c3)ncn4CCN3CCOCC3)no2)cc1. The number of morpholine rings is 1. The van der Waals surface area contributed by atoms with Gasteiger partial charge < -0.3 is 13.8 Å². The highest BCUT2D eigenvalue weighted by atomic mass is 19.1. The molecule has 2 aromatic carbocycles. The molecule has 4 aromatic rings. The van der Waals surface area contributed by atoms with Crippen LogP contribution >= 0.6 is 0 Å². The minimum Gasteiger partial charge on any atom is -0.379 e. The monoisotopic (exact) mass is 393 g/mol. The summed E-state index contributed by atoms with van der Waals surface area (Å²) in [7, 11) is 0. The van der Waals surface area contributed by atoms with Gasteiger partial charge in [-0.2, -0.15) is 4.98 Å². The lowest BCUT2D eigenvalue weighted by molar-refractivity contribution is 0.0365. The van der Waals surface area contributed by atoms with Crippen molar-refractivity contribution in [2.45, 2.75) is 6.54 Å². The second-order valence-electron chi connectivity index (χ2n) is 7.03. The third-order valence-electron chi connectivity index (χ3n) is 5.16. The van der Waals surface area contributed by atoms with E-state index >= 15 is 0 Å². The minimum absolute atomic E-state index is 0.303. The van der Waals surface area contributed by atoms with Gasteiger partial charge in [-0.05, 0) is 42.5 Å². The van der Waals surface area contributed by atoms with Gasteiger partial charge in [-0.3, -0.25) is 4.90 Å². The molecule has 3 heterocycles. The third-order valence-corrected chi connectivity index (χ3v) is 5.16. The smallest absolute Gasteiger partial charge is 0.258 e. The Morgan fingerprint density at radius 3 is 2.59 bits per heavy atom. The molecule has 2 aromatic heterocycles. The van der Waals surface area contributed by atoms with Crippen LogP contribution in [0, 0.1) is 5.82 Å². The highest BCUT2D eigenvalue weighted by Crippen LogP contribution is 2.25. The summed E-state index contributed by atoms with van der Waals surface area (Å²) in [6, 6.07) is 11.9. The predicted octanol–water partition coefficient (Wildman–Crippen LogP) is 3.22. The van der Waals surface area contributed by atoms with Gasteiger partial charge in [-0.25, -0.2) is 9.37 Å². The van der Waals surface area contributed by atoms with Crippen LogP contribution < -0.4 is 0 Å². The first kappa shape index (κ1) is 18.0. The predicted molar refractivity (Wildman–Crippen MR) is 106 cm³/mol. The summed E-state index contributed by atoms with van der Waals surface area (Å²) >= 11 is 0. The zero-order valence-electron chi connectivity index (χ0n) is 15.8. The van der Waals surface area contributed by atoms with E-state index in [0.29, 0.717) is 17.3 Å². The summed E-state index contributed by atoms with van der Waals surface area (Å²) in [6.45, 7) is 5.42. The summed E-state index contributed by atoms with van der Waals surface area (Å²) in [5.41, 5.74) is 3.47. The van der Waals surface area contributed by atoms with Crippen LogP contribution in [0.2, 0.25) is 0 Å². The van der Waals surface area contributed by atoms with E-state index in [4.69, 9.17) is 9.26 Å². The van der Waals surface area contributed by atoms with E-state index < -0.39 is 0 Å². The molecule has 5 rings (SSSR count). The summed E-state index contributed by atoms with van der Waals surface area (Å²) in [6.07, 6.45) is 1.87. The Bertz CT molecular complexity index is 1120. The van der Waals surface area contributed by atoms with Crippen molar-refractivity contribution in [1.29, 1.82) is 0 Å².